The van der Waals surface area contributed by atoms with Crippen LogP contribution in [0.15, 0.2) is 17.2 Å². The highest BCUT2D eigenvalue weighted by atomic mass is 32.2. The number of rotatable bonds is 6. The number of ether oxygens (including phenoxy) is 1. The molecule has 1 fully saturated rings. The van der Waals surface area contributed by atoms with Crippen molar-refractivity contribution in [2.45, 2.75) is 24.4 Å². The van der Waals surface area contributed by atoms with Gasteiger partial charge < -0.3 is 15.5 Å². The van der Waals surface area contributed by atoms with Gasteiger partial charge in [0, 0.05) is 44.1 Å². The Labute approximate surface area is 119 Å². The molecule has 1 saturated heterocycles. The highest BCUT2D eigenvalue weighted by Crippen LogP contribution is 2.11. The van der Waals surface area contributed by atoms with Crippen LogP contribution in [0.3, 0.4) is 0 Å². The van der Waals surface area contributed by atoms with Gasteiger partial charge in [0.1, 0.15) is 0 Å². The molecule has 1 aliphatic rings. The summed E-state index contributed by atoms with van der Waals surface area (Å²) in [5.41, 5.74) is 6.17. The van der Waals surface area contributed by atoms with Gasteiger partial charge in [0.05, 0.1) is 18.1 Å². The van der Waals surface area contributed by atoms with Crippen LogP contribution >= 0.6 is 0 Å². The molecule has 0 saturated carbocycles. The molecular weight excluding hydrogens is 280 g/mol. The average molecular weight is 302 g/mol. The molecule has 2 rings (SSSR count). The molecule has 1 unspecified atom stereocenters. The van der Waals surface area contributed by atoms with Crippen LogP contribution in [0, 0.1) is 0 Å². The highest BCUT2D eigenvalue weighted by molar-refractivity contribution is 7.89. The molecule has 4 N–H and O–H groups in total. The van der Waals surface area contributed by atoms with Crippen molar-refractivity contribution in [3.05, 3.63) is 18.0 Å². The minimum atomic E-state index is -3.49. The normalized spacial score (nSPS) is 19.1. The van der Waals surface area contributed by atoms with Crippen molar-refractivity contribution in [3.8, 4) is 0 Å². The van der Waals surface area contributed by atoms with Gasteiger partial charge in [-0.2, -0.15) is 0 Å². The Balaban J connectivity index is 1.93. The predicted octanol–water partition coefficient (Wildman–Crippen LogP) is -0.528. The fourth-order valence-corrected chi connectivity index (χ4v) is 3.48. The van der Waals surface area contributed by atoms with Crippen molar-refractivity contribution in [2.75, 3.05) is 32.8 Å². The molecular formula is C12H22N4O3S. The molecule has 114 valence electrons. The van der Waals surface area contributed by atoms with Gasteiger partial charge in [-0.15, -0.1) is 0 Å². The molecule has 8 heteroatoms. The number of nitrogens with two attached hydrogens (primary N) is 1. The van der Waals surface area contributed by atoms with Crippen LogP contribution < -0.4 is 10.5 Å². The monoisotopic (exact) mass is 302 g/mol. The summed E-state index contributed by atoms with van der Waals surface area (Å²) in [6.45, 7) is 5.93. The van der Waals surface area contributed by atoms with Crippen LogP contribution in [-0.4, -0.2) is 57.2 Å². The van der Waals surface area contributed by atoms with E-state index in [1.807, 2.05) is 6.92 Å². The molecule has 0 spiro atoms. The molecule has 7 nitrogen and oxygen atoms in total. The van der Waals surface area contributed by atoms with E-state index in [9.17, 15) is 8.42 Å². The zero-order valence-corrected chi connectivity index (χ0v) is 12.4. The first-order valence-electron chi connectivity index (χ1n) is 6.71. The summed E-state index contributed by atoms with van der Waals surface area (Å²) in [4.78, 5) is 5.27. The lowest BCUT2D eigenvalue weighted by atomic mass is 10.3. The van der Waals surface area contributed by atoms with E-state index >= 15 is 0 Å². The molecule has 0 amide bonds. The van der Waals surface area contributed by atoms with E-state index < -0.39 is 10.0 Å². The van der Waals surface area contributed by atoms with Gasteiger partial charge in [0.2, 0.25) is 10.0 Å². The van der Waals surface area contributed by atoms with Crippen molar-refractivity contribution in [2.24, 2.45) is 5.73 Å². The van der Waals surface area contributed by atoms with Crippen LogP contribution in [0.1, 0.15) is 12.6 Å². The Kier molecular flexibility index (Phi) is 5.17. The minimum absolute atomic E-state index is 0.158. The summed E-state index contributed by atoms with van der Waals surface area (Å²) in [5, 5.41) is 0. The number of hydrogen-bond acceptors (Lipinski definition) is 5. The van der Waals surface area contributed by atoms with Gasteiger partial charge in [-0.1, -0.05) is 0 Å². The summed E-state index contributed by atoms with van der Waals surface area (Å²) in [6.07, 6.45) is 1.46. The van der Waals surface area contributed by atoms with Crippen molar-refractivity contribution >= 4 is 10.0 Å². The summed E-state index contributed by atoms with van der Waals surface area (Å²) in [5.74, 6) is 0. The fraction of sp³-hybridized carbons (Fsp3) is 0.667. The summed E-state index contributed by atoms with van der Waals surface area (Å²) >= 11 is 0. The van der Waals surface area contributed by atoms with E-state index in [1.165, 1.54) is 6.20 Å². The lowest BCUT2D eigenvalue weighted by Crippen LogP contribution is -2.45. The van der Waals surface area contributed by atoms with Gasteiger partial charge in [0.15, 0.2) is 0 Å². The second-order valence-electron chi connectivity index (χ2n) is 5.00. The van der Waals surface area contributed by atoms with E-state index in [1.54, 1.807) is 6.07 Å². The first-order valence-corrected chi connectivity index (χ1v) is 8.19. The summed E-state index contributed by atoms with van der Waals surface area (Å²) < 4.78 is 32.4. The third kappa shape index (κ3) is 4.03. The Hall–Kier alpha value is -0.930. The van der Waals surface area contributed by atoms with Crippen molar-refractivity contribution in [1.82, 2.24) is 14.6 Å². The average Bonchev–Trinajstić information content (AvgIpc) is 2.88. The fourth-order valence-electron chi connectivity index (χ4n) is 2.23. The molecule has 1 aromatic heterocycles. The summed E-state index contributed by atoms with van der Waals surface area (Å²) in [6, 6.07) is 1.40. The predicted molar refractivity (Wildman–Crippen MR) is 75.7 cm³/mol. The van der Waals surface area contributed by atoms with Gasteiger partial charge in [0.25, 0.3) is 0 Å². The van der Waals surface area contributed by atoms with Crippen LogP contribution in [0.5, 0.6) is 0 Å². The maximum Gasteiger partial charge on any atom is 0.242 e. The lowest BCUT2D eigenvalue weighted by Gasteiger charge is -2.29. The highest BCUT2D eigenvalue weighted by Gasteiger charge is 2.21. The largest absolute Gasteiger partial charge is 0.379 e. The maximum absolute atomic E-state index is 12.2. The van der Waals surface area contributed by atoms with E-state index in [0.717, 1.165) is 13.1 Å². The van der Waals surface area contributed by atoms with Gasteiger partial charge in [-0.25, -0.2) is 13.1 Å². The Morgan fingerprint density at radius 3 is 2.80 bits per heavy atom. The third-order valence-electron chi connectivity index (χ3n) is 3.24. The number of nitrogens with one attached hydrogen (secondary N) is 2. The molecule has 0 radical (unpaired) electrons. The second-order valence-corrected chi connectivity index (χ2v) is 6.71. The maximum atomic E-state index is 12.2. The van der Waals surface area contributed by atoms with Crippen molar-refractivity contribution in [3.63, 3.8) is 0 Å². The topological polar surface area (TPSA) is 100 Å². The zero-order chi connectivity index (χ0) is 14.6. The second kappa shape index (κ2) is 6.68. The van der Waals surface area contributed by atoms with Gasteiger partial charge in [-0.3, -0.25) is 4.90 Å². The number of H-pyrrole nitrogens is 1. The molecule has 1 atom stereocenters. The van der Waals surface area contributed by atoms with E-state index in [-0.39, 0.29) is 10.9 Å². The van der Waals surface area contributed by atoms with Crippen LogP contribution in [0.4, 0.5) is 0 Å². The van der Waals surface area contributed by atoms with Crippen molar-refractivity contribution < 1.29 is 13.2 Å². The van der Waals surface area contributed by atoms with E-state index in [2.05, 4.69) is 14.6 Å². The zero-order valence-electron chi connectivity index (χ0n) is 11.6. The third-order valence-corrected chi connectivity index (χ3v) is 4.81. The van der Waals surface area contributed by atoms with Crippen LogP contribution in [-0.2, 0) is 21.3 Å². The first-order chi connectivity index (χ1) is 9.51. The molecule has 0 aromatic carbocycles. The quantitative estimate of drug-likeness (QED) is 0.656. The van der Waals surface area contributed by atoms with Crippen LogP contribution in [0.2, 0.25) is 0 Å². The number of sulfonamides is 1. The number of aromatic amines is 1. The van der Waals surface area contributed by atoms with Crippen molar-refractivity contribution in [1.29, 1.82) is 0 Å². The van der Waals surface area contributed by atoms with Gasteiger partial charge >= 0.3 is 0 Å². The lowest BCUT2D eigenvalue weighted by molar-refractivity contribution is 0.0354. The van der Waals surface area contributed by atoms with E-state index in [4.69, 9.17) is 10.5 Å². The molecule has 2 heterocycles. The molecule has 0 bridgehead atoms. The SMILES string of the molecule is CC(CN1CCOCC1)NS(=O)(=O)c1c[nH]c(CN)c1. The number of morpholine rings is 1. The van der Waals surface area contributed by atoms with E-state index in [0.29, 0.717) is 32.0 Å². The number of nitrogens with zero attached hydrogens (tertiary/aromatic N) is 1. The molecule has 1 aromatic rings. The minimum Gasteiger partial charge on any atom is -0.379 e. The molecule has 0 aliphatic carbocycles. The number of aromatic nitrogens is 1. The smallest absolute Gasteiger partial charge is 0.242 e. The standard InChI is InChI=1S/C12H22N4O3S/c1-10(9-16-2-4-19-5-3-16)15-20(17,18)12-6-11(7-13)14-8-12/h6,8,10,14-15H,2-5,7,9,13H2,1H3. The molecule has 20 heavy (non-hydrogen) atoms. The summed E-state index contributed by atoms with van der Waals surface area (Å²) in [7, 11) is -3.49. The first kappa shape index (κ1) is 15.5. The Morgan fingerprint density at radius 1 is 1.50 bits per heavy atom. The van der Waals surface area contributed by atoms with Gasteiger partial charge in [-0.05, 0) is 13.0 Å². The number of hydrogen-bond donors (Lipinski definition) is 3. The van der Waals surface area contributed by atoms with Crippen LogP contribution in [0.25, 0.3) is 0 Å². The Bertz CT molecular complexity index is 523. The Morgan fingerprint density at radius 2 is 2.20 bits per heavy atom. The molecule has 1 aliphatic heterocycles.